The van der Waals surface area contributed by atoms with E-state index >= 15 is 0 Å². The predicted molar refractivity (Wildman–Crippen MR) is 67.2 cm³/mol. The van der Waals surface area contributed by atoms with Gasteiger partial charge in [-0.25, -0.2) is 0 Å². The number of hydrogen-bond acceptors (Lipinski definition) is 3. The summed E-state index contributed by atoms with van der Waals surface area (Å²) in [5.41, 5.74) is 6.83. The minimum atomic E-state index is -0.189. The summed E-state index contributed by atoms with van der Waals surface area (Å²) in [7, 11) is 0. The summed E-state index contributed by atoms with van der Waals surface area (Å²) in [4.78, 5) is 11.9. The summed E-state index contributed by atoms with van der Waals surface area (Å²) < 4.78 is 0. The second kappa shape index (κ2) is 6.02. The van der Waals surface area contributed by atoms with Gasteiger partial charge in [-0.2, -0.15) is 5.26 Å². The van der Waals surface area contributed by atoms with Gasteiger partial charge in [-0.3, -0.25) is 4.79 Å². The Bertz CT molecular complexity index is 417. The van der Waals surface area contributed by atoms with Crippen LogP contribution in [0, 0.1) is 23.2 Å². The molecule has 0 saturated carbocycles. The molecule has 3 N–H and O–H groups in total. The summed E-state index contributed by atoms with van der Waals surface area (Å²) in [5.74, 6) is -0.0590. The third-order valence-corrected chi connectivity index (χ3v) is 2.68. The monoisotopic (exact) mass is 231 g/mol. The molecular formula is C13H17N3O. The van der Waals surface area contributed by atoms with Crippen molar-refractivity contribution in [3.05, 3.63) is 29.8 Å². The Morgan fingerprint density at radius 3 is 2.41 bits per heavy atom. The van der Waals surface area contributed by atoms with E-state index in [4.69, 9.17) is 11.0 Å². The smallest absolute Gasteiger partial charge is 0.229 e. The van der Waals surface area contributed by atoms with Crippen molar-refractivity contribution >= 4 is 11.6 Å². The first-order valence-corrected chi connectivity index (χ1v) is 5.59. The molecule has 0 radical (unpaired) electrons. The fraction of sp³-hybridized carbons (Fsp3) is 0.385. The fourth-order valence-electron chi connectivity index (χ4n) is 1.55. The molecule has 1 unspecified atom stereocenters. The first-order chi connectivity index (χ1) is 8.08. The van der Waals surface area contributed by atoms with Crippen molar-refractivity contribution in [2.75, 3.05) is 11.9 Å². The minimum Gasteiger partial charge on any atom is -0.330 e. The number of nitriles is 1. The van der Waals surface area contributed by atoms with E-state index in [0.717, 1.165) is 0 Å². The van der Waals surface area contributed by atoms with Gasteiger partial charge in [0.05, 0.1) is 17.6 Å². The molecule has 1 atom stereocenters. The maximum Gasteiger partial charge on any atom is 0.229 e. The van der Waals surface area contributed by atoms with Crippen LogP contribution in [0.1, 0.15) is 19.4 Å². The first kappa shape index (κ1) is 13.2. The molecule has 1 rings (SSSR count). The number of rotatable bonds is 4. The maximum atomic E-state index is 11.9. The third-order valence-electron chi connectivity index (χ3n) is 2.68. The van der Waals surface area contributed by atoms with Crippen LogP contribution in [0.5, 0.6) is 0 Å². The van der Waals surface area contributed by atoms with Crippen LogP contribution in [0.3, 0.4) is 0 Å². The zero-order valence-corrected chi connectivity index (χ0v) is 10.1. The first-order valence-electron chi connectivity index (χ1n) is 5.59. The summed E-state index contributed by atoms with van der Waals surface area (Å²) in [6.45, 7) is 4.27. The number of amides is 1. The highest BCUT2D eigenvalue weighted by Crippen LogP contribution is 2.14. The molecule has 1 aromatic carbocycles. The highest BCUT2D eigenvalue weighted by Gasteiger charge is 2.20. The molecule has 0 saturated heterocycles. The third kappa shape index (κ3) is 3.58. The largest absolute Gasteiger partial charge is 0.330 e. The van der Waals surface area contributed by atoms with E-state index in [-0.39, 0.29) is 17.7 Å². The maximum absolute atomic E-state index is 11.9. The normalized spacial score (nSPS) is 11.9. The van der Waals surface area contributed by atoms with E-state index in [1.54, 1.807) is 24.3 Å². The number of benzene rings is 1. The van der Waals surface area contributed by atoms with Gasteiger partial charge in [0.1, 0.15) is 0 Å². The predicted octanol–water partition coefficient (Wildman–Crippen LogP) is 1.73. The second-order valence-electron chi connectivity index (χ2n) is 4.26. The summed E-state index contributed by atoms with van der Waals surface area (Å²) in [6.07, 6.45) is 0. The average Bonchev–Trinajstić information content (AvgIpc) is 2.30. The lowest BCUT2D eigenvalue weighted by atomic mass is 9.95. The number of anilines is 1. The van der Waals surface area contributed by atoms with Gasteiger partial charge in [0.15, 0.2) is 0 Å². The number of carbonyl (C=O) groups excluding carboxylic acids is 1. The lowest BCUT2D eigenvalue weighted by molar-refractivity contribution is -0.120. The van der Waals surface area contributed by atoms with Crippen molar-refractivity contribution in [2.45, 2.75) is 13.8 Å². The molecule has 4 heteroatoms. The SMILES string of the molecule is CC(C)C(CN)C(=O)Nc1ccc(C#N)cc1. The summed E-state index contributed by atoms with van der Waals surface area (Å²) in [5, 5.41) is 11.5. The molecule has 0 aliphatic carbocycles. The lowest BCUT2D eigenvalue weighted by Crippen LogP contribution is -2.33. The Morgan fingerprint density at radius 1 is 1.41 bits per heavy atom. The molecule has 0 spiro atoms. The van der Waals surface area contributed by atoms with E-state index in [1.807, 2.05) is 19.9 Å². The number of nitrogens with two attached hydrogens (primary N) is 1. The molecule has 0 aliphatic rings. The minimum absolute atomic E-state index is 0.0767. The zero-order chi connectivity index (χ0) is 12.8. The van der Waals surface area contributed by atoms with Crippen molar-refractivity contribution < 1.29 is 4.79 Å². The van der Waals surface area contributed by atoms with Crippen LogP contribution in [0.2, 0.25) is 0 Å². The highest BCUT2D eigenvalue weighted by atomic mass is 16.1. The van der Waals surface area contributed by atoms with Gasteiger partial charge in [0, 0.05) is 12.2 Å². The van der Waals surface area contributed by atoms with Crippen molar-refractivity contribution in [1.29, 1.82) is 5.26 Å². The van der Waals surface area contributed by atoms with Crippen molar-refractivity contribution in [1.82, 2.24) is 0 Å². The van der Waals surface area contributed by atoms with Gasteiger partial charge in [0.2, 0.25) is 5.91 Å². The van der Waals surface area contributed by atoms with Gasteiger partial charge >= 0.3 is 0 Å². The van der Waals surface area contributed by atoms with Gasteiger partial charge in [-0.05, 0) is 30.2 Å². The van der Waals surface area contributed by atoms with Gasteiger partial charge < -0.3 is 11.1 Å². The van der Waals surface area contributed by atoms with Crippen LogP contribution in [-0.4, -0.2) is 12.5 Å². The van der Waals surface area contributed by atoms with E-state index in [0.29, 0.717) is 17.8 Å². The molecule has 90 valence electrons. The van der Waals surface area contributed by atoms with Gasteiger partial charge in [-0.1, -0.05) is 13.8 Å². The molecule has 0 heterocycles. The van der Waals surface area contributed by atoms with Gasteiger partial charge in [-0.15, -0.1) is 0 Å². The number of nitrogens with zero attached hydrogens (tertiary/aromatic N) is 1. The number of nitrogens with one attached hydrogen (secondary N) is 1. The van der Waals surface area contributed by atoms with Crippen LogP contribution in [0.15, 0.2) is 24.3 Å². The van der Waals surface area contributed by atoms with Crippen LogP contribution < -0.4 is 11.1 Å². The Morgan fingerprint density at radius 2 is 2.00 bits per heavy atom. The quantitative estimate of drug-likeness (QED) is 0.828. The Balaban J connectivity index is 2.70. The molecule has 4 nitrogen and oxygen atoms in total. The van der Waals surface area contributed by atoms with Gasteiger partial charge in [0.25, 0.3) is 0 Å². The van der Waals surface area contributed by atoms with Crippen molar-refractivity contribution in [3.8, 4) is 6.07 Å². The summed E-state index contributed by atoms with van der Waals surface area (Å²) in [6, 6.07) is 8.79. The van der Waals surface area contributed by atoms with Crippen molar-refractivity contribution in [3.63, 3.8) is 0 Å². The number of carbonyl (C=O) groups is 1. The molecule has 0 aliphatic heterocycles. The van der Waals surface area contributed by atoms with Crippen LogP contribution in [0.4, 0.5) is 5.69 Å². The van der Waals surface area contributed by atoms with Crippen LogP contribution in [0.25, 0.3) is 0 Å². The standard InChI is InChI=1S/C13H17N3O/c1-9(2)12(8-15)13(17)16-11-5-3-10(7-14)4-6-11/h3-6,9,12H,8,15H2,1-2H3,(H,16,17). The zero-order valence-electron chi connectivity index (χ0n) is 10.1. The topological polar surface area (TPSA) is 78.9 Å². The average molecular weight is 231 g/mol. The molecule has 1 amide bonds. The van der Waals surface area contributed by atoms with Crippen LogP contribution in [-0.2, 0) is 4.79 Å². The molecule has 0 fully saturated rings. The Hall–Kier alpha value is -1.86. The summed E-state index contributed by atoms with van der Waals surface area (Å²) >= 11 is 0. The highest BCUT2D eigenvalue weighted by molar-refractivity contribution is 5.92. The van der Waals surface area contributed by atoms with E-state index < -0.39 is 0 Å². The Labute approximate surface area is 101 Å². The fourth-order valence-corrected chi connectivity index (χ4v) is 1.55. The molecular weight excluding hydrogens is 214 g/mol. The molecule has 1 aromatic rings. The molecule has 0 bridgehead atoms. The van der Waals surface area contributed by atoms with Crippen LogP contribution >= 0.6 is 0 Å². The Kier molecular flexibility index (Phi) is 4.68. The molecule has 17 heavy (non-hydrogen) atoms. The molecule has 0 aromatic heterocycles. The lowest BCUT2D eigenvalue weighted by Gasteiger charge is -2.18. The second-order valence-corrected chi connectivity index (χ2v) is 4.26. The number of hydrogen-bond donors (Lipinski definition) is 2. The van der Waals surface area contributed by atoms with E-state index in [1.165, 1.54) is 0 Å². The van der Waals surface area contributed by atoms with Crippen molar-refractivity contribution in [2.24, 2.45) is 17.6 Å². The van der Waals surface area contributed by atoms with E-state index in [9.17, 15) is 4.79 Å². The van der Waals surface area contributed by atoms with E-state index in [2.05, 4.69) is 5.32 Å².